The first-order valence-electron chi connectivity index (χ1n) is 10.6. The molecule has 0 radical (unpaired) electrons. The van der Waals surface area contributed by atoms with Crippen molar-refractivity contribution in [1.29, 1.82) is 0 Å². The Morgan fingerprint density at radius 1 is 1.03 bits per heavy atom. The van der Waals surface area contributed by atoms with Crippen LogP contribution in [0.1, 0.15) is 28.7 Å². The van der Waals surface area contributed by atoms with Gasteiger partial charge >= 0.3 is 0 Å². The highest BCUT2D eigenvalue weighted by atomic mass is 16.6. The van der Waals surface area contributed by atoms with E-state index in [0.29, 0.717) is 17.0 Å². The number of anilines is 1. The van der Waals surface area contributed by atoms with Gasteiger partial charge in [-0.1, -0.05) is 66.7 Å². The third kappa shape index (κ3) is 2.11. The third-order valence-corrected chi connectivity index (χ3v) is 7.31. The standard InChI is InChI=1S/C25H21N3O4/c1-27-15-24(28(30)31)21(25(27)18-12-6-7-13-19(18)26-23(25)29)17-11-5-8-14-20(17)32-22(24)16-9-3-2-4-10-16/h2-14,21-22H,15H2,1H3,(H,26,29)/t21-,22+,24+,25+/m0/s1. The van der Waals surface area contributed by atoms with Crippen molar-refractivity contribution in [2.24, 2.45) is 0 Å². The molecular formula is C25H21N3O4. The summed E-state index contributed by atoms with van der Waals surface area (Å²) in [7, 11) is 1.80. The monoisotopic (exact) mass is 427 g/mol. The Morgan fingerprint density at radius 2 is 1.72 bits per heavy atom. The molecule has 3 aliphatic rings. The van der Waals surface area contributed by atoms with Crippen LogP contribution in [-0.4, -0.2) is 34.9 Å². The van der Waals surface area contributed by atoms with Crippen LogP contribution in [0.4, 0.5) is 5.69 Å². The first kappa shape index (κ1) is 19.0. The van der Waals surface area contributed by atoms with Gasteiger partial charge in [0.2, 0.25) is 0 Å². The number of likely N-dealkylation sites (tertiary alicyclic amines) is 1. The number of hydrogen-bond acceptors (Lipinski definition) is 5. The smallest absolute Gasteiger partial charge is 0.284 e. The van der Waals surface area contributed by atoms with E-state index in [1.807, 2.05) is 83.8 Å². The Hall–Kier alpha value is -3.71. The SMILES string of the molecule is CN1C[C@]2([N+](=O)[O-])[C@@H](c3ccccc3)Oc3ccccc3[C@@H]2[C@]12C(=O)Nc1ccccc12. The van der Waals surface area contributed by atoms with Gasteiger partial charge in [-0.25, -0.2) is 0 Å². The number of nitrogens with zero attached hydrogens (tertiary/aromatic N) is 2. The summed E-state index contributed by atoms with van der Waals surface area (Å²) in [6.07, 6.45) is -0.846. The van der Waals surface area contributed by atoms with E-state index >= 15 is 0 Å². The van der Waals surface area contributed by atoms with Gasteiger partial charge in [-0.3, -0.25) is 19.8 Å². The molecule has 0 saturated carbocycles. The van der Waals surface area contributed by atoms with E-state index in [4.69, 9.17) is 4.74 Å². The molecule has 4 atom stereocenters. The van der Waals surface area contributed by atoms with E-state index in [-0.39, 0.29) is 17.4 Å². The van der Waals surface area contributed by atoms with Gasteiger partial charge in [-0.05, 0) is 24.7 Å². The first-order valence-corrected chi connectivity index (χ1v) is 10.6. The zero-order valence-electron chi connectivity index (χ0n) is 17.4. The van der Waals surface area contributed by atoms with Crippen LogP contribution < -0.4 is 10.1 Å². The molecule has 3 aromatic rings. The molecule has 160 valence electrons. The number of para-hydroxylation sites is 2. The van der Waals surface area contributed by atoms with E-state index in [9.17, 15) is 14.9 Å². The molecule has 0 unspecified atom stereocenters. The number of nitrogens with one attached hydrogen (secondary N) is 1. The van der Waals surface area contributed by atoms with Crippen molar-refractivity contribution in [3.8, 4) is 5.75 Å². The van der Waals surface area contributed by atoms with Crippen molar-refractivity contribution in [3.63, 3.8) is 0 Å². The number of likely N-dealkylation sites (N-methyl/N-ethyl adjacent to an activating group) is 1. The lowest BCUT2D eigenvalue weighted by Crippen LogP contribution is -2.57. The molecular weight excluding hydrogens is 406 g/mol. The van der Waals surface area contributed by atoms with Gasteiger partial charge in [0.15, 0.2) is 6.10 Å². The van der Waals surface area contributed by atoms with Gasteiger partial charge in [0.25, 0.3) is 11.4 Å². The number of hydrogen-bond donors (Lipinski definition) is 1. The number of benzene rings is 3. The van der Waals surface area contributed by atoms with Crippen molar-refractivity contribution in [3.05, 3.63) is 106 Å². The summed E-state index contributed by atoms with van der Waals surface area (Å²) < 4.78 is 6.37. The molecule has 3 aromatic carbocycles. The molecule has 1 spiro atoms. The summed E-state index contributed by atoms with van der Waals surface area (Å²) >= 11 is 0. The second kappa shape index (κ2) is 6.40. The summed E-state index contributed by atoms with van der Waals surface area (Å²) in [6, 6.07) is 24.2. The van der Waals surface area contributed by atoms with Crippen molar-refractivity contribution in [2.75, 3.05) is 18.9 Å². The van der Waals surface area contributed by atoms with Crippen LogP contribution in [0.15, 0.2) is 78.9 Å². The first-order chi connectivity index (χ1) is 15.5. The maximum atomic E-state index is 13.7. The van der Waals surface area contributed by atoms with Crippen LogP contribution in [0.2, 0.25) is 0 Å². The zero-order valence-corrected chi connectivity index (χ0v) is 17.4. The van der Waals surface area contributed by atoms with Crippen LogP contribution in [0.25, 0.3) is 0 Å². The van der Waals surface area contributed by atoms with Gasteiger partial charge in [-0.15, -0.1) is 0 Å². The molecule has 1 amide bonds. The fourth-order valence-corrected chi connectivity index (χ4v) is 6.14. The van der Waals surface area contributed by atoms with E-state index in [1.165, 1.54) is 0 Å². The van der Waals surface area contributed by atoms with Gasteiger partial charge in [0.1, 0.15) is 11.3 Å². The molecule has 6 rings (SSSR count). The Morgan fingerprint density at radius 3 is 2.50 bits per heavy atom. The van der Waals surface area contributed by atoms with Crippen molar-refractivity contribution < 1.29 is 14.5 Å². The number of carbonyl (C=O) groups excluding carboxylic acids is 1. The van der Waals surface area contributed by atoms with Crippen molar-refractivity contribution in [1.82, 2.24) is 4.90 Å². The van der Waals surface area contributed by atoms with Gasteiger partial charge in [0.05, 0.1) is 12.5 Å². The minimum atomic E-state index is -1.56. The average Bonchev–Trinajstić information content (AvgIpc) is 3.27. The van der Waals surface area contributed by atoms with Crippen LogP contribution in [0, 0.1) is 10.1 Å². The average molecular weight is 427 g/mol. The minimum absolute atomic E-state index is 0.0698. The number of nitro groups is 1. The fourth-order valence-electron chi connectivity index (χ4n) is 6.14. The summed E-state index contributed by atoms with van der Waals surface area (Å²) in [5.74, 6) is -0.400. The summed E-state index contributed by atoms with van der Waals surface area (Å²) in [5, 5.41) is 16.0. The predicted octanol–water partition coefficient (Wildman–Crippen LogP) is 3.71. The Bertz CT molecular complexity index is 1260. The number of ether oxygens (including phenoxy) is 1. The summed E-state index contributed by atoms with van der Waals surface area (Å²) in [6.45, 7) is 0.0698. The van der Waals surface area contributed by atoms with Crippen molar-refractivity contribution >= 4 is 11.6 Å². The molecule has 3 heterocycles. The van der Waals surface area contributed by atoms with E-state index in [2.05, 4.69) is 5.32 Å². The number of carbonyl (C=O) groups is 1. The van der Waals surface area contributed by atoms with E-state index in [0.717, 1.165) is 11.1 Å². The Balaban J connectivity index is 1.70. The molecule has 0 aliphatic carbocycles. The zero-order chi connectivity index (χ0) is 22.1. The maximum absolute atomic E-state index is 13.7. The van der Waals surface area contributed by atoms with Crippen LogP contribution >= 0.6 is 0 Å². The predicted molar refractivity (Wildman–Crippen MR) is 118 cm³/mol. The number of rotatable bonds is 2. The minimum Gasteiger partial charge on any atom is -0.478 e. The second-order valence-corrected chi connectivity index (χ2v) is 8.75. The van der Waals surface area contributed by atoms with Crippen molar-refractivity contribution in [2.45, 2.75) is 23.1 Å². The van der Waals surface area contributed by atoms with Crippen LogP contribution in [0.3, 0.4) is 0 Å². The van der Waals surface area contributed by atoms with E-state index in [1.54, 1.807) is 7.05 Å². The highest BCUT2D eigenvalue weighted by Crippen LogP contribution is 2.65. The molecule has 0 bridgehead atoms. The number of amides is 1. The molecule has 7 nitrogen and oxygen atoms in total. The molecule has 3 aliphatic heterocycles. The lowest BCUT2D eigenvalue weighted by atomic mass is 9.64. The lowest BCUT2D eigenvalue weighted by molar-refractivity contribution is -0.584. The molecule has 0 aromatic heterocycles. The highest BCUT2D eigenvalue weighted by Gasteiger charge is 2.78. The Kier molecular flexibility index (Phi) is 3.80. The summed E-state index contributed by atoms with van der Waals surface area (Å²) in [5.41, 5.74) is 0.109. The maximum Gasteiger partial charge on any atom is 0.284 e. The Labute approximate surface area is 184 Å². The summed E-state index contributed by atoms with van der Waals surface area (Å²) in [4.78, 5) is 28.4. The normalized spacial score (nSPS) is 30.2. The quantitative estimate of drug-likeness (QED) is 0.498. The molecule has 32 heavy (non-hydrogen) atoms. The molecule has 7 heteroatoms. The van der Waals surface area contributed by atoms with Gasteiger partial charge < -0.3 is 10.1 Å². The largest absolute Gasteiger partial charge is 0.478 e. The highest BCUT2D eigenvalue weighted by molar-refractivity contribution is 6.07. The topological polar surface area (TPSA) is 84.7 Å². The fraction of sp³-hybridized carbons (Fsp3) is 0.240. The lowest BCUT2D eigenvalue weighted by Gasteiger charge is -2.43. The van der Waals surface area contributed by atoms with Gasteiger partial charge in [-0.2, -0.15) is 0 Å². The second-order valence-electron chi connectivity index (χ2n) is 8.75. The molecule has 1 saturated heterocycles. The number of fused-ring (bicyclic) bond motifs is 6. The molecule has 1 N–H and O–H groups in total. The van der Waals surface area contributed by atoms with Gasteiger partial charge in [0, 0.05) is 21.7 Å². The third-order valence-electron chi connectivity index (χ3n) is 7.31. The van der Waals surface area contributed by atoms with Crippen LogP contribution in [0.5, 0.6) is 5.75 Å². The molecule has 1 fully saturated rings. The van der Waals surface area contributed by atoms with E-state index < -0.39 is 23.1 Å². The van der Waals surface area contributed by atoms with Crippen LogP contribution in [-0.2, 0) is 10.3 Å².